The summed E-state index contributed by atoms with van der Waals surface area (Å²) in [6.07, 6.45) is 5.22. The van der Waals surface area contributed by atoms with Crippen LogP contribution in [0.1, 0.15) is 29.7 Å². The SMILES string of the molecule is CCNC(=NCCc1ncc(C)s1)NC1CCCN(c2ccccc2)C1.I. The molecule has 1 aliphatic heterocycles. The predicted molar refractivity (Wildman–Crippen MR) is 127 cm³/mol. The Hall–Kier alpha value is -1.35. The zero-order chi connectivity index (χ0) is 18.2. The molecule has 1 aromatic heterocycles. The summed E-state index contributed by atoms with van der Waals surface area (Å²) < 4.78 is 0. The molecule has 1 fully saturated rings. The lowest BCUT2D eigenvalue weighted by atomic mass is 10.1. The van der Waals surface area contributed by atoms with Crippen LogP contribution in [-0.4, -0.2) is 43.2 Å². The number of hydrogen-bond acceptors (Lipinski definition) is 4. The van der Waals surface area contributed by atoms with Gasteiger partial charge in [0.15, 0.2) is 5.96 Å². The molecule has 0 spiro atoms. The van der Waals surface area contributed by atoms with Crippen molar-refractivity contribution in [1.82, 2.24) is 15.6 Å². The van der Waals surface area contributed by atoms with Crippen molar-refractivity contribution in [3.8, 4) is 0 Å². The number of aliphatic imine (C=N–C) groups is 1. The number of aryl methyl sites for hydroxylation is 1. The fourth-order valence-corrected chi connectivity index (χ4v) is 4.04. The maximum atomic E-state index is 4.75. The normalized spacial score (nSPS) is 17.3. The van der Waals surface area contributed by atoms with Gasteiger partial charge in [0, 0.05) is 55.4 Å². The Kier molecular flexibility index (Phi) is 9.33. The first-order chi connectivity index (χ1) is 12.7. The molecule has 0 aliphatic carbocycles. The van der Waals surface area contributed by atoms with E-state index in [0.717, 1.165) is 43.6 Å². The van der Waals surface area contributed by atoms with Gasteiger partial charge in [-0.1, -0.05) is 18.2 Å². The Morgan fingerprint density at radius 1 is 1.33 bits per heavy atom. The molecule has 0 radical (unpaired) electrons. The third-order valence-corrected chi connectivity index (χ3v) is 5.47. The van der Waals surface area contributed by atoms with Crippen LogP contribution >= 0.6 is 35.3 Å². The Labute approximate surface area is 183 Å². The average molecular weight is 499 g/mol. The van der Waals surface area contributed by atoms with Crippen molar-refractivity contribution >= 4 is 47.0 Å². The van der Waals surface area contributed by atoms with Gasteiger partial charge in [0.1, 0.15) is 0 Å². The molecule has 5 nitrogen and oxygen atoms in total. The van der Waals surface area contributed by atoms with Crippen LogP contribution in [0.2, 0.25) is 0 Å². The van der Waals surface area contributed by atoms with Crippen LogP contribution < -0.4 is 15.5 Å². The van der Waals surface area contributed by atoms with Crippen molar-refractivity contribution in [2.75, 3.05) is 31.1 Å². The molecule has 148 valence electrons. The number of hydrogen-bond donors (Lipinski definition) is 2. The van der Waals surface area contributed by atoms with Gasteiger partial charge in [-0.2, -0.15) is 0 Å². The van der Waals surface area contributed by atoms with Crippen molar-refractivity contribution in [1.29, 1.82) is 0 Å². The zero-order valence-electron chi connectivity index (χ0n) is 16.1. The molecule has 3 rings (SSSR count). The molecule has 1 aromatic carbocycles. The van der Waals surface area contributed by atoms with Gasteiger partial charge >= 0.3 is 0 Å². The van der Waals surface area contributed by atoms with Crippen molar-refractivity contribution in [3.63, 3.8) is 0 Å². The van der Waals surface area contributed by atoms with Gasteiger partial charge < -0.3 is 15.5 Å². The molecule has 7 heteroatoms. The van der Waals surface area contributed by atoms with Crippen molar-refractivity contribution in [2.24, 2.45) is 4.99 Å². The summed E-state index contributed by atoms with van der Waals surface area (Å²) in [5, 5.41) is 8.17. The van der Waals surface area contributed by atoms with Crippen molar-refractivity contribution < 1.29 is 0 Å². The highest BCUT2D eigenvalue weighted by Crippen LogP contribution is 2.19. The number of para-hydroxylation sites is 1. The summed E-state index contributed by atoms with van der Waals surface area (Å²) in [4.78, 5) is 12.9. The summed E-state index contributed by atoms with van der Waals surface area (Å²) in [6.45, 7) is 7.98. The fourth-order valence-electron chi connectivity index (χ4n) is 3.26. The van der Waals surface area contributed by atoms with Gasteiger partial charge in [0.2, 0.25) is 0 Å². The summed E-state index contributed by atoms with van der Waals surface area (Å²) in [6, 6.07) is 11.1. The first-order valence-electron chi connectivity index (χ1n) is 9.50. The number of nitrogens with zero attached hydrogens (tertiary/aromatic N) is 3. The standard InChI is InChI=1S/C20H29N5S.HI/c1-3-21-20(22-12-11-19-23-14-16(2)26-19)24-17-8-7-13-25(15-17)18-9-5-4-6-10-18;/h4-6,9-10,14,17H,3,7-8,11-13,15H2,1-2H3,(H2,21,22,24);1H. The van der Waals surface area contributed by atoms with E-state index in [0.29, 0.717) is 6.04 Å². The molecule has 1 saturated heterocycles. The molecule has 0 amide bonds. The Morgan fingerprint density at radius 3 is 2.85 bits per heavy atom. The first kappa shape index (κ1) is 21.9. The third-order valence-electron chi connectivity index (χ3n) is 4.49. The number of piperidine rings is 1. The van der Waals surface area contributed by atoms with Gasteiger partial charge in [-0.05, 0) is 38.8 Å². The average Bonchev–Trinajstić information content (AvgIpc) is 3.08. The maximum Gasteiger partial charge on any atom is 0.191 e. The molecule has 1 unspecified atom stereocenters. The largest absolute Gasteiger partial charge is 0.369 e. The number of thiazole rings is 1. The van der Waals surface area contributed by atoms with Crippen LogP contribution in [0.4, 0.5) is 5.69 Å². The summed E-state index contributed by atoms with van der Waals surface area (Å²) in [7, 11) is 0. The number of guanidine groups is 1. The molecule has 1 atom stereocenters. The minimum atomic E-state index is 0. The lowest BCUT2D eigenvalue weighted by Crippen LogP contribution is -2.51. The van der Waals surface area contributed by atoms with Gasteiger partial charge in [-0.15, -0.1) is 35.3 Å². The number of nitrogens with one attached hydrogen (secondary N) is 2. The second kappa shape index (κ2) is 11.5. The molecular formula is C20H30IN5S. The molecular weight excluding hydrogens is 469 g/mol. The molecule has 2 heterocycles. The third kappa shape index (κ3) is 6.95. The second-order valence-electron chi connectivity index (χ2n) is 6.64. The van der Waals surface area contributed by atoms with E-state index in [4.69, 9.17) is 4.99 Å². The van der Waals surface area contributed by atoms with Crippen molar-refractivity contribution in [2.45, 2.75) is 39.2 Å². The van der Waals surface area contributed by atoms with E-state index in [1.165, 1.54) is 23.4 Å². The quantitative estimate of drug-likeness (QED) is 0.361. The summed E-state index contributed by atoms with van der Waals surface area (Å²) in [5.41, 5.74) is 1.31. The number of aromatic nitrogens is 1. The van der Waals surface area contributed by atoms with Crippen LogP contribution in [-0.2, 0) is 6.42 Å². The van der Waals surface area contributed by atoms with E-state index in [-0.39, 0.29) is 24.0 Å². The van der Waals surface area contributed by atoms with E-state index in [2.05, 4.69) is 64.7 Å². The highest BCUT2D eigenvalue weighted by Gasteiger charge is 2.20. The molecule has 0 bridgehead atoms. The highest BCUT2D eigenvalue weighted by molar-refractivity contribution is 14.0. The van der Waals surface area contributed by atoms with Gasteiger partial charge in [0.25, 0.3) is 0 Å². The van der Waals surface area contributed by atoms with Crippen LogP contribution in [0.15, 0.2) is 41.5 Å². The first-order valence-corrected chi connectivity index (χ1v) is 10.3. The van der Waals surface area contributed by atoms with Gasteiger partial charge in [0.05, 0.1) is 5.01 Å². The predicted octanol–water partition coefficient (Wildman–Crippen LogP) is 3.84. The Bertz CT molecular complexity index is 703. The van der Waals surface area contributed by atoms with E-state index in [1.54, 1.807) is 11.3 Å². The van der Waals surface area contributed by atoms with Gasteiger partial charge in [-0.3, -0.25) is 4.99 Å². The number of halogens is 1. The van der Waals surface area contributed by atoms with Crippen LogP contribution in [0.5, 0.6) is 0 Å². The van der Waals surface area contributed by atoms with Crippen LogP contribution in [0.25, 0.3) is 0 Å². The highest BCUT2D eigenvalue weighted by atomic mass is 127. The van der Waals surface area contributed by atoms with Crippen molar-refractivity contribution in [3.05, 3.63) is 46.4 Å². The lowest BCUT2D eigenvalue weighted by Gasteiger charge is -2.35. The monoisotopic (exact) mass is 499 g/mol. The van der Waals surface area contributed by atoms with Crippen LogP contribution in [0, 0.1) is 6.92 Å². The van der Waals surface area contributed by atoms with E-state index >= 15 is 0 Å². The minimum absolute atomic E-state index is 0. The zero-order valence-corrected chi connectivity index (χ0v) is 19.3. The fraction of sp³-hybridized carbons (Fsp3) is 0.500. The van der Waals surface area contributed by atoms with E-state index in [1.807, 2.05) is 6.20 Å². The summed E-state index contributed by atoms with van der Waals surface area (Å²) >= 11 is 1.76. The van der Waals surface area contributed by atoms with E-state index < -0.39 is 0 Å². The Balaban J connectivity index is 0.00000261. The number of anilines is 1. The molecule has 2 aromatic rings. The molecule has 0 saturated carbocycles. The molecule has 27 heavy (non-hydrogen) atoms. The summed E-state index contributed by atoms with van der Waals surface area (Å²) in [5.74, 6) is 0.917. The number of rotatable bonds is 6. The molecule has 1 aliphatic rings. The smallest absolute Gasteiger partial charge is 0.191 e. The Morgan fingerprint density at radius 2 is 2.15 bits per heavy atom. The second-order valence-corrected chi connectivity index (χ2v) is 7.96. The topological polar surface area (TPSA) is 52.6 Å². The lowest BCUT2D eigenvalue weighted by molar-refractivity contribution is 0.468. The maximum absolute atomic E-state index is 4.75. The van der Waals surface area contributed by atoms with Gasteiger partial charge in [-0.25, -0.2) is 4.98 Å². The van der Waals surface area contributed by atoms with E-state index in [9.17, 15) is 0 Å². The number of benzene rings is 1. The minimum Gasteiger partial charge on any atom is -0.369 e. The molecule has 2 N–H and O–H groups in total. The van der Waals surface area contributed by atoms with Crippen LogP contribution in [0.3, 0.4) is 0 Å².